The summed E-state index contributed by atoms with van der Waals surface area (Å²) in [5.74, 6) is -0.189. The summed E-state index contributed by atoms with van der Waals surface area (Å²) >= 11 is 0. The SMILES string of the molecule is Cc1ccc(C(=O)NNC(=O)[C@H](C)Oc2cccc(C)c2)cc1. The molecule has 0 aromatic heterocycles. The maximum Gasteiger partial charge on any atom is 0.279 e. The molecule has 0 spiro atoms. The van der Waals surface area contributed by atoms with Crippen LogP contribution in [0, 0.1) is 13.8 Å². The quantitative estimate of drug-likeness (QED) is 0.853. The summed E-state index contributed by atoms with van der Waals surface area (Å²) in [6, 6.07) is 14.5. The highest BCUT2D eigenvalue weighted by Gasteiger charge is 2.15. The zero-order valence-electron chi connectivity index (χ0n) is 13.4. The Kier molecular flexibility index (Phi) is 5.36. The van der Waals surface area contributed by atoms with E-state index in [2.05, 4.69) is 10.9 Å². The molecule has 1 atom stereocenters. The van der Waals surface area contributed by atoms with E-state index in [1.165, 1.54) is 0 Å². The van der Waals surface area contributed by atoms with Crippen LogP contribution < -0.4 is 15.6 Å². The number of carbonyl (C=O) groups is 2. The van der Waals surface area contributed by atoms with E-state index < -0.39 is 12.0 Å². The molecule has 5 nitrogen and oxygen atoms in total. The Bertz CT molecular complexity index is 696. The second-order valence-corrected chi connectivity index (χ2v) is 5.39. The van der Waals surface area contributed by atoms with Crippen LogP contribution in [-0.4, -0.2) is 17.9 Å². The van der Waals surface area contributed by atoms with Crippen molar-refractivity contribution in [2.75, 3.05) is 0 Å². The molecule has 2 aromatic carbocycles. The van der Waals surface area contributed by atoms with Crippen molar-refractivity contribution in [1.29, 1.82) is 0 Å². The Labute approximate surface area is 135 Å². The largest absolute Gasteiger partial charge is 0.481 e. The molecule has 23 heavy (non-hydrogen) atoms. The first-order valence-corrected chi connectivity index (χ1v) is 7.36. The number of hydrazine groups is 1. The minimum atomic E-state index is -0.727. The van der Waals surface area contributed by atoms with E-state index in [0.717, 1.165) is 11.1 Å². The lowest BCUT2D eigenvalue weighted by Crippen LogP contribution is -2.47. The highest BCUT2D eigenvalue weighted by atomic mass is 16.5. The molecule has 2 N–H and O–H groups in total. The van der Waals surface area contributed by atoms with Crippen LogP contribution in [-0.2, 0) is 4.79 Å². The smallest absolute Gasteiger partial charge is 0.279 e. The van der Waals surface area contributed by atoms with Crippen LogP contribution in [0.3, 0.4) is 0 Å². The van der Waals surface area contributed by atoms with E-state index in [-0.39, 0.29) is 5.91 Å². The van der Waals surface area contributed by atoms with Gasteiger partial charge in [0.1, 0.15) is 5.75 Å². The summed E-state index contributed by atoms with van der Waals surface area (Å²) in [5.41, 5.74) is 7.32. The molecule has 0 saturated heterocycles. The number of hydrogen-bond acceptors (Lipinski definition) is 3. The van der Waals surface area contributed by atoms with Gasteiger partial charge in [-0.05, 0) is 50.6 Å². The van der Waals surface area contributed by atoms with Crippen LogP contribution in [0.4, 0.5) is 0 Å². The Balaban J connectivity index is 1.86. The van der Waals surface area contributed by atoms with Gasteiger partial charge in [-0.15, -0.1) is 0 Å². The minimum Gasteiger partial charge on any atom is -0.481 e. The van der Waals surface area contributed by atoms with Crippen molar-refractivity contribution >= 4 is 11.8 Å². The van der Waals surface area contributed by atoms with Crippen LogP contribution in [0.15, 0.2) is 48.5 Å². The maximum atomic E-state index is 12.0. The van der Waals surface area contributed by atoms with E-state index in [4.69, 9.17) is 4.74 Å². The molecule has 5 heteroatoms. The van der Waals surface area contributed by atoms with Crippen molar-refractivity contribution < 1.29 is 14.3 Å². The average molecular weight is 312 g/mol. The van der Waals surface area contributed by atoms with E-state index in [1.54, 1.807) is 25.1 Å². The fourth-order valence-electron chi connectivity index (χ4n) is 1.94. The molecule has 0 heterocycles. The lowest BCUT2D eigenvalue weighted by atomic mass is 10.1. The molecule has 2 rings (SSSR count). The highest BCUT2D eigenvalue weighted by molar-refractivity contribution is 5.95. The fraction of sp³-hybridized carbons (Fsp3) is 0.222. The third-order valence-electron chi connectivity index (χ3n) is 3.28. The Morgan fingerprint density at radius 1 is 0.957 bits per heavy atom. The lowest BCUT2D eigenvalue weighted by Gasteiger charge is -2.15. The number of hydrogen-bond donors (Lipinski definition) is 2. The third kappa shape index (κ3) is 4.85. The topological polar surface area (TPSA) is 67.4 Å². The molecule has 120 valence electrons. The highest BCUT2D eigenvalue weighted by Crippen LogP contribution is 2.14. The molecule has 0 aliphatic rings. The number of aryl methyl sites for hydroxylation is 2. The molecule has 0 unspecified atom stereocenters. The van der Waals surface area contributed by atoms with Crippen molar-refractivity contribution in [2.45, 2.75) is 26.9 Å². The monoisotopic (exact) mass is 312 g/mol. The molecule has 0 radical (unpaired) electrons. The zero-order chi connectivity index (χ0) is 16.8. The summed E-state index contributed by atoms with van der Waals surface area (Å²) in [6.07, 6.45) is -0.727. The van der Waals surface area contributed by atoms with Gasteiger partial charge in [-0.25, -0.2) is 0 Å². The predicted molar refractivity (Wildman–Crippen MR) is 88.1 cm³/mol. The van der Waals surface area contributed by atoms with Crippen molar-refractivity contribution in [3.05, 3.63) is 65.2 Å². The van der Waals surface area contributed by atoms with E-state index in [0.29, 0.717) is 11.3 Å². The van der Waals surface area contributed by atoms with Gasteiger partial charge in [0.25, 0.3) is 11.8 Å². The fourth-order valence-corrected chi connectivity index (χ4v) is 1.94. The van der Waals surface area contributed by atoms with Gasteiger partial charge in [-0.1, -0.05) is 29.8 Å². The Morgan fingerprint density at radius 2 is 1.65 bits per heavy atom. The number of nitrogens with one attached hydrogen (secondary N) is 2. The van der Waals surface area contributed by atoms with E-state index >= 15 is 0 Å². The number of rotatable bonds is 4. The summed E-state index contributed by atoms with van der Waals surface area (Å²) < 4.78 is 5.55. The van der Waals surface area contributed by atoms with Crippen LogP contribution in [0.5, 0.6) is 5.75 Å². The van der Waals surface area contributed by atoms with Gasteiger partial charge in [-0.3, -0.25) is 20.4 Å². The van der Waals surface area contributed by atoms with Crippen molar-refractivity contribution in [2.24, 2.45) is 0 Å². The Hall–Kier alpha value is -2.82. The first-order valence-electron chi connectivity index (χ1n) is 7.36. The molecular weight excluding hydrogens is 292 g/mol. The van der Waals surface area contributed by atoms with Gasteiger partial charge >= 0.3 is 0 Å². The van der Waals surface area contributed by atoms with Crippen molar-refractivity contribution in [3.8, 4) is 5.75 Å². The van der Waals surface area contributed by atoms with Crippen molar-refractivity contribution in [1.82, 2.24) is 10.9 Å². The van der Waals surface area contributed by atoms with Gasteiger partial charge in [-0.2, -0.15) is 0 Å². The number of amides is 2. The van der Waals surface area contributed by atoms with Gasteiger partial charge in [0.05, 0.1) is 0 Å². The summed E-state index contributed by atoms with van der Waals surface area (Å²) in [5, 5.41) is 0. The van der Waals surface area contributed by atoms with Crippen molar-refractivity contribution in [3.63, 3.8) is 0 Å². The molecule has 0 aliphatic heterocycles. The average Bonchev–Trinajstić information content (AvgIpc) is 2.53. The van der Waals surface area contributed by atoms with E-state index in [1.807, 2.05) is 44.2 Å². The van der Waals surface area contributed by atoms with E-state index in [9.17, 15) is 9.59 Å². The van der Waals surface area contributed by atoms with Gasteiger partial charge in [0, 0.05) is 5.56 Å². The molecule has 0 bridgehead atoms. The molecule has 2 aromatic rings. The standard InChI is InChI=1S/C18H20N2O3/c1-12-7-9-15(10-8-12)18(22)20-19-17(21)14(3)23-16-6-4-5-13(2)11-16/h4-11,14H,1-3H3,(H,19,21)(H,20,22)/t14-/m0/s1. The van der Waals surface area contributed by atoms with Gasteiger partial charge in [0.2, 0.25) is 0 Å². The predicted octanol–water partition coefficient (Wildman–Crippen LogP) is 2.53. The third-order valence-corrected chi connectivity index (χ3v) is 3.28. The second kappa shape index (κ2) is 7.45. The molecule has 0 fully saturated rings. The number of carbonyl (C=O) groups excluding carboxylic acids is 2. The molecule has 0 saturated carbocycles. The summed E-state index contributed by atoms with van der Waals surface area (Å²) in [7, 11) is 0. The lowest BCUT2D eigenvalue weighted by molar-refractivity contribution is -0.128. The summed E-state index contributed by atoms with van der Waals surface area (Å²) in [6.45, 7) is 5.50. The second-order valence-electron chi connectivity index (χ2n) is 5.39. The van der Waals surface area contributed by atoms with Gasteiger partial charge < -0.3 is 4.74 Å². The zero-order valence-corrected chi connectivity index (χ0v) is 13.4. The number of ether oxygens (including phenoxy) is 1. The normalized spacial score (nSPS) is 11.4. The van der Waals surface area contributed by atoms with Crippen LogP contribution >= 0.6 is 0 Å². The van der Waals surface area contributed by atoms with Crippen LogP contribution in [0.25, 0.3) is 0 Å². The molecule has 2 amide bonds. The first-order chi connectivity index (χ1) is 11.0. The summed E-state index contributed by atoms with van der Waals surface area (Å²) in [4.78, 5) is 23.9. The Morgan fingerprint density at radius 3 is 2.30 bits per heavy atom. The van der Waals surface area contributed by atoms with Crippen LogP contribution in [0.2, 0.25) is 0 Å². The maximum absolute atomic E-state index is 12.0. The molecular formula is C18H20N2O3. The minimum absolute atomic E-state index is 0.374. The first kappa shape index (κ1) is 16.5. The number of benzene rings is 2. The molecule has 0 aliphatic carbocycles. The van der Waals surface area contributed by atoms with Gasteiger partial charge in [0.15, 0.2) is 6.10 Å². The van der Waals surface area contributed by atoms with Crippen LogP contribution in [0.1, 0.15) is 28.4 Å².